The molecule has 2 aromatic rings. The Bertz CT molecular complexity index is 948. The molecule has 1 aromatic heterocycles. The Hall–Kier alpha value is -3.09. The molecule has 0 spiro atoms. The summed E-state index contributed by atoms with van der Waals surface area (Å²) in [5, 5.41) is 4.70. The first-order valence-corrected chi connectivity index (χ1v) is 9.65. The van der Waals surface area contributed by atoms with E-state index >= 15 is 0 Å². The fourth-order valence-corrected chi connectivity index (χ4v) is 4.34. The van der Waals surface area contributed by atoms with Gasteiger partial charge in [-0.05, 0) is 42.9 Å². The highest BCUT2D eigenvalue weighted by Gasteiger charge is 2.34. The third-order valence-electron chi connectivity index (χ3n) is 5.98. The van der Waals surface area contributed by atoms with Crippen LogP contribution in [0.15, 0.2) is 36.9 Å². The number of hydrogen-bond acceptors (Lipinski definition) is 4. The van der Waals surface area contributed by atoms with Crippen LogP contribution in [0.25, 0.3) is 0 Å². The summed E-state index contributed by atoms with van der Waals surface area (Å²) in [6, 6.07) is 8.36. The molecule has 1 saturated heterocycles. The van der Waals surface area contributed by atoms with Crippen LogP contribution in [-0.4, -0.2) is 39.1 Å². The minimum atomic E-state index is -0.551. The number of primary amides is 1. The van der Waals surface area contributed by atoms with Gasteiger partial charge in [0.2, 0.25) is 5.91 Å². The van der Waals surface area contributed by atoms with Crippen LogP contribution in [0.5, 0.6) is 0 Å². The maximum absolute atomic E-state index is 12.1. The number of rotatable bonds is 5. The molecule has 2 amide bonds. The van der Waals surface area contributed by atoms with Crippen molar-refractivity contribution in [3.8, 4) is 0 Å². The maximum Gasteiger partial charge on any atom is 0.254 e. The summed E-state index contributed by atoms with van der Waals surface area (Å²) in [5.74, 6) is -0.251. The summed E-state index contributed by atoms with van der Waals surface area (Å²) in [6.45, 7) is 4.70. The number of anilines is 1. The van der Waals surface area contributed by atoms with E-state index in [1.807, 2.05) is 6.07 Å². The van der Waals surface area contributed by atoms with Gasteiger partial charge >= 0.3 is 0 Å². The summed E-state index contributed by atoms with van der Waals surface area (Å²) in [7, 11) is 0. The molecule has 1 aliphatic heterocycles. The number of hydrogen-bond donors (Lipinski definition) is 2. The number of nitrogens with zero attached hydrogens (tertiary/aromatic N) is 3. The molecule has 4 N–H and O–H groups in total. The number of carbonyl (C=O) groups excluding carboxylic acids is 2. The largest absolute Gasteiger partial charge is 0.383 e. The molecule has 0 saturated carbocycles. The van der Waals surface area contributed by atoms with E-state index in [1.54, 1.807) is 9.58 Å². The zero-order chi connectivity index (χ0) is 19.8. The van der Waals surface area contributed by atoms with Crippen molar-refractivity contribution in [2.75, 3.05) is 12.3 Å². The standard InChI is InChI=1S/C21H25N5O2/c1-2-17(27)25-10-9-16(25)12-26-20(22)18(21(23)28)19(24-26)15-8-7-13-5-3-4-6-14(13)11-15/h2-6,15-16H,1,7-12,22H2,(H2,23,28). The molecule has 2 aliphatic rings. The Labute approximate surface area is 164 Å². The zero-order valence-electron chi connectivity index (χ0n) is 15.8. The Balaban J connectivity index is 1.62. The molecular weight excluding hydrogens is 354 g/mol. The first kappa shape index (κ1) is 18.3. The lowest BCUT2D eigenvalue weighted by molar-refractivity contribution is -0.133. The van der Waals surface area contributed by atoms with Crippen molar-refractivity contribution >= 4 is 17.6 Å². The molecule has 7 heteroatoms. The topological polar surface area (TPSA) is 107 Å². The molecule has 2 unspecified atom stereocenters. The van der Waals surface area contributed by atoms with Gasteiger partial charge in [-0.25, -0.2) is 4.68 Å². The number of benzene rings is 1. The van der Waals surface area contributed by atoms with E-state index in [0.29, 0.717) is 30.2 Å². The number of aromatic nitrogens is 2. The van der Waals surface area contributed by atoms with E-state index in [1.165, 1.54) is 17.2 Å². The summed E-state index contributed by atoms with van der Waals surface area (Å²) in [5.41, 5.74) is 15.6. The molecule has 0 radical (unpaired) electrons. The van der Waals surface area contributed by atoms with Gasteiger partial charge in [-0.3, -0.25) is 9.59 Å². The molecule has 4 rings (SSSR count). The number of nitrogen functional groups attached to an aromatic ring is 1. The number of amides is 2. The predicted octanol–water partition coefficient (Wildman–Crippen LogP) is 1.62. The van der Waals surface area contributed by atoms with E-state index in [2.05, 4.69) is 24.8 Å². The van der Waals surface area contributed by atoms with Gasteiger partial charge in [0.05, 0.1) is 18.3 Å². The Morgan fingerprint density at radius 2 is 2.00 bits per heavy atom. The Kier molecular flexibility index (Phi) is 4.66. The van der Waals surface area contributed by atoms with Crippen LogP contribution in [0.2, 0.25) is 0 Å². The number of carbonyl (C=O) groups is 2. The van der Waals surface area contributed by atoms with Crippen molar-refractivity contribution in [1.82, 2.24) is 14.7 Å². The third kappa shape index (κ3) is 3.06. The highest BCUT2D eigenvalue weighted by molar-refractivity contribution is 5.98. The van der Waals surface area contributed by atoms with E-state index in [9.17, 15) is 9.59 Å². The number of aryl methyl sites for hydroxylation is 1. The van der Waals surface area contributed by atoms with Gasteiger partial charge in [0, 0.05) is 12.5 Å². The molecule has 2 atom stereocenters. The Morgan fingerprint density at radius 1 is 1.25 bits per heavy atom. The van der Waals surface area contributed by atoms with Gasteiger partial charge in [-0.15, -0.1) is 0 Å². The maximum atomic E-state index is 12.1. The van der Waals surface area contributed by atoms with Crippen molar-refractivity contribution in [2.45, 2.75) is 44.2 Å². The van der Waals surface area contributed by atoms with Crippen molar-refractivity contribution in [2.24, 2.45) is 5.73 Å². The summed E-state index contributed by atoms with van der Waals surface area (Å²) in [4.78, 5) is 25.8. The SMILES string of the molecule is C=CC(=O)N1CCC1Cn1nc(C2CCc3ccccc3C2)c(C(N)=O)c1N. The van der Waals surface area contributed by atoms with Gasteiger partial charge < -0.3 is 16.4 Å². The van der Waals surface area contributed by atoms with Crippen LogP contribution in [0.1, 0.15) is 45.9 Å². The highest BCUT2D eigenvalue weighted by atomic mass is 16.2. The normalized spacial score (nSPS) is 20.9. The summed E-state index contributed by atoms with van der Waals surface area (Å²) >= 11 is 0. The smallest absolute Gasteiger partial charge is 0.254 e. The lowest BCUT2D eigenvalue weighted by Gasteiger charge is -2.40. The minimum absolute atomic E-state index is 0.00774. The zero-order valence-corrected chi connectivity index (χ0v) is 15.8. The predicted molar refractivity (Wildman–Crippen MR) is 107 cm³/mol. The molecule has 7 nitrogen and oxygen atoms in total. The molecule has 2 heterocycles. The first-order chi connectivity index (χ1) is 13.5. The lowest BCUT2D eigenvalue weighted by Crippen LogP contribution is -2.52. The molecule has 1 fully saturated rings. The van der Waals surface area contributed by atoms with E-state index in [4.69, 9.17) is 16.6 Å². The fraction of sp³-hybridized carbons (Fsp3) is 0.381. The second-order valence-electron chi connectivity index (χ2n) is 7.58. The second-order valence-corrected chi connectivity index (χ2v) is 7.58. The Morgan fingerprint density at radius 3 is 2.64 bits per heavy atom. The molecule has 1 aliphatic carbocycles. The van der Waals surface area contributed by atoms with Crippen molar-refractivity contribution in [3.05, 3.63) is 59.3 Å². The summed E-state index contributed by atoms with van der Waals surface area (Å²) < 4.78 is 1.64. The quantitative estimate of drug-likeness (QED) is 0.770. The minimum Gasteiger partial charge on any atom is -0.383 e. The van der Waals surface area contributed by atoms with Gasteiger partial charge in [0.25, 0.3) is 5.91 Å². The van der Waals surface area contributed by atoms with Crippen LogP contribution in [0.3, 0.4) is 0 Å². The van der Waals surface area contributed by atoms with Crippen LogP contribution in [0, 0.1) is 0 Å². The molecule has 1 aromatic carbocycles. The average Bonchev–Trinajstić information content (AvgIpc) is 3.01. The van der Waals surface area contributed by atoms with Crippen molar-refractivity contribution < 1.29 is 9.59 Å². The van der Waals surface area contributed by atoms with Gasteiger partial charge in [-0.2, -0.15) is 5.10 Å². The molecule has 28 heavy (non-hydrogen) atoms. The van der Waals surface area contributed by atoms with Crippen LogP contribution < -0.4 is 11.5 Å². The van der Waals surface area contributed by atoms with Gasteiger partial charge in [-0.1, -0.05) is 30.8 Å². The van der Waals surface area contributed by atoms with Crippen LogP contribution in [0.4, 0.5) is 5.82 Å². The van der Waals surface area contributed by atoms with E-state index in [-0.39, 0.29) is 17.9 Å². The highest BCUT2D eigenvalue weighted by Crippen LogP contribution is 2.35. The van der Waals surface area contributed by atoms with Gasteiger partial charge in [0.1, 0.15) is 11.4 Å². The fourth-order valence-electron chi connectivity index (χ4n) is 4.34. The monoisotopic (exact) mass is 379 g/mol. The molecule has 146 valence electrons. The third-order valence-corrected chi connectivity index (χ3v) is 5.98. The van der Waals surface area contributed by atoms with E-state index in [0.717, 1.165) is 25.7 Å². The van der Waals surface area contributed by atoms with E-state index < -0.39 is 5.91 Å². The number of nitrogens with two attached hydrogens (primary N) is 2. The second kappa shape index (κ2) is 7.14. The number of likely N-dealkylation sites (tertiary alicyclic amines) is 1. The number of fused-ring (bicyclic) bond motifs is 1. The molecule has 0 bridgehead atoms. The average molecular weight is 379 g/mol. The summed E-state index contributed by atoms with van der Waals surface area (Å²) in [6.07, 6.45) is 4.85. The van der Waals surface area contributed by atoms with Crippen molar-refractivity contribution in [3.63, 3.8) is 0 Å². The first-order valence-electron chi connectivity index (χ1n) is 9.65. The van der Waals surface area contributed by atoms with Crippen LogP contribution >= 0.6 is 0 Å². The van der Waals surface area contributed by atoms with Gasteiger partial charge in [0.15, 0.2) is 0 Å². The van der Waals surface area contributed by atoms with Crippen molar-refractivity contribution in [1.29, 1.82) is 0 Å². The lowest BCUT2D eigenvalue weighted by atomic mass is 9.81. The molecular formula is C21H25N5O2. The van der Waals surface area contributed by atoms with Crippen LogP contribution in [-0.2, 0) is 24.2 Å².